The molecule has 0 aliphatic heterocycles. The molecule has 0 fully saturated rings. The van der Waals surface area contributed by atoms with E-state index in [0.717, 1.165) is 6.08 Å². The molecule has 1 atom stereocenters. The van der Waals surface area contributed by atoms with Gasteiger partial charge in [0, 0.05) is 16.1 Å². The first-order chi connectivity index (χ1) is 11.9. The van der Waals surface area contributed by atoms with Crippen LogP contribution in [0.4, 0.5) is 10.1 Å². The number of amides is 1. The summed E-state index contributed by atoms with van der Waals surface area (Å²) in [4.78, 5) is 23.8. The van der Waals surface area contributed by atoms with E-state index in [4.69, 9.17) is 16.3 Å². The summed E-state index contributed by atoms with van der Waals surface area (Å²) in [6, 6.07) is 11.0. The molecular formula is C18H14BrClFNO3. The predicted molar refractivity (Wildman–Crippen MR) is 98.8 cm³/mol. The lowest BCUT2D eigenvalue weighted by Gasteiger charge is -2.13. The first-order valence-electron chi connectivity index (χ1n) is 7.26. The van der Waals surface area contributed by atoms with Crippen molar-refractivity contribution < 1.29 is 18.7 Å². The van der Waals surface area contributed by atoms with Gasteiger partial charge >= 0.3 is 5.97 Å². The molecule has 0 aliphatic rings. The maximum atomic E-state index is 13.6. The number of halogens is 3. The minimum absolute atomic E-state index is 0.222. The Morgan fingerprint density at radius 2 is 2.00 bits per heavy atom. The Balaban J connectivity index is 1.95. The van der Waals surface area contributed by atoms with Gasteiger partial charge in [-0.2, -0.15) is 0 Å². The number of carbonyl (C=O) groups is 2. The normalized spacial score (nSPS) is 12.0. The van der Waals surface area contributed by atoms with Crippen LogP contribution in [0.25, 0.3) is 6.08 Å². The van der Waals surface area contributed by atoms with Crippen LogP contribution >= 0.6 is 27.5 Å². The van der Waals surface area contributed by atoms with Gasteiger partial charge in [-0.3, -0.25) is 4.79 Å². The highest BCUT2D eigenvalue weighted by molar-refractivity contribution is 9.10. The molecule has 25 heavy (non-hydrogen) atoms. The molecule has 0 saturated heterocycles. The monoisotopic (exact) mass is 425 g/mol. The fraction of sp³-hybridized carbons (Fsp3) is 0.111. The molecule has 2 aromatic rings. The van der Waals surface area contributed by atoms with Crippen LogP contribution in [0.5, 0.6) is 0 Å². The number of hydrogen-bond acceptors (Lipinski definition) is 3. The lowest BCUT2D eigenvalue weighted by molar-refractivity contribution is -0.148. The predicted octanol–water partition coefficient (Wildman–Crippen LogP) is 4.83. The van der Waals surface area contributed by atoms with Crippen molar-refractivity contribution in [2.75, 3.05) is 5.32 Å². The SMILES string of the molecule is CC(OC(=O)/C=C/c1cc(Br)ccc1F)C(=O)Nc1ccccc1Cl. The molecule has 7 heteroatoms. The van der Waals surface area contributed by atoms with Crippen LogP contribution in [0, 0.1) is 5.82 Å². The zero-order valence-corrected chi connectivity index (χ0v) is 15.5. The van der Waals surface area contributed by atoms with E-state index in [9.17, 15) is 14.0 Å². The lowest BCUT2D eigenvalue weighted by atomic mass is 10.2. The van der Waals surface area contributed by atoms with E-state index >= 15 is 0 Å². The maximum Gasteiger partial charge on any atom is 0.331 e. The van der Waals surface area contributed by atoms with Gasteiger partial charge in [0.15, 0.2) is 6.10 Å². The zero-order valence-electron chi connectivity index (χ0n) is 13.1. The molecule has 0 spiro atoms. The van der Waals surface area contributed by atoms with Crippen LogP contribution in [0.15, 0.2) is 53.0 Å². The number of para-hydroxylation sites is 1. The van der Waals surface area contributed by atoms with Crippen LogP contribution in [0.3, 0.4) is 0 Å². The topological polar surface area (TPSA) is 55.4 Å². The molecule has 0 aliphatic carbocycles. The first-order valence-corrected chi connectivity index (χ1v) is 8.43. The summed E-state index contributed by atoms with van der Waals surface area (Å²) in [6.07, 6.45) is 1.30. The van der Waals surface area contributed by atoms with E-state index in [0.29, 0.717) is 15.2 Å². The molecule has 1 N–H and O–H groups in total. The van der Waals surface area contributed by atoms with Gasteiger partial charge in [0.25, 0.3) is 5.91 Å². The van der Waals surface area contributed by atoms with Crippen molar-refractivity contribution in [1.82, 2.24) is 0 Å². The van der Waals surface area contributed by atoms with E-state index in [1.807, 2.05) is 0 Å². The number of carbonyl (C=O) groups excluding carboxylic acids is 2. The Morgan fingerprint density at radius 1 is 1.28 bits per heavy atom. The maximum absolute atomic E-state index is 13.6. The summed E-state index contributed by atoms with van der Waals surface area (Å²) in [5.41, 5.74) is 0.642. The average molecular weight is 427 g/mol. The summed E-state index contributed by atoms with van der Waals surface area (Å²) < 4.78 is 19.3. The van der Waals surface area contributed by atoms with Gasteiger partial charge < -0.3 is 10.1 Å². The number of hydrogen-bond donors (Lipinski definition) is 1. The fourth-order valence-corrected chi connectivity index (χ4v) is 2.43. The summed E-state index contributed by atoms with van der Waals surface area (Å²) in [6.45, 7) is 1.43. The number of benzene rings is 2. The van der Waals surface area contributed by atoms with Crippen LogP contribution in [-0.2, 0) is 14.3 Å². The van der Waals surface area contributed by atoms with E-state index in [1.165, 1.54) is 25.1 Å². The highest BCUT2D eigenvalue weighted by Crippen LogP contribution is 2.21. The van der Waals surface area contributed by atoms with Gasteiger partial charge in [-0.1, -0.05) is 39.7 Å². The molecule has 4 nitrogen and oxygen atoms in total. The number of ether oxygens (including phenoxy) is 1. The van der Waals surface area contributed by atoms with E-state index in [1.54, 1.807) is 30.3 Å². The van der Waals surface area contributed by atoms with Gasteiger partial charge in [-0.15, -0.1) is 0 Å². The van der Waals surface area contributed by atoms with Crippen LogP contribution in [0.2, 0.25) is 5.02 Å². The molecule has 0 saturated carbocycles. The lowest BCUT2D eigenvalue weighted by Crippen LogP contribution is -2.29. The number of esters is 1. The van der Waals surface area contributed by atoms with Gasteiger partial charge in [0.1, 0.15) is 5.82 Å². The van der Waals surface area contributed by atoms with E-state index < -0.39 is 23.8 Å². The van der Waals surface area contributed by atoms with Crippen molar-refractivity contribution in [2.45, 2.75) is 13.0 Å². The van der Waals surface area contributed by atoms with E-state index in [-0.39, 0.29) is 5.56 Å². The highest BCUT2D eigenvalue weighted by Gasteiger charge is 2.17. The van der Waals surface area contributed by atoms with Crippen molar-refractivity contribution in [2.24, 2.45) is 0 Å². The second-order valence-electron chi connectivity index (χ2n) is 5.05. The molecule has 0 bridgehead atoms. The van der Waals surface area contributed by atoms with Crippen molar-refractivity contribution in [3.63, 3.8) is 0 Å². The number of anilines is 1. The third kappa shape index (κ3) is 5.69. The Morgan fingerprint density at radius 3 is 2.72 bits per heavy atom. The highest BCUT2D eigenvalue weighted by atomic mass is 79.9. The summed E-state index contributed by atoms with van der Waals surface area (Å²) >= 11 is 9.17. The van der Waals surface area contributed by atoms with Gasteiger partial charge in [-0.25, -0.2) is 9.18 Å². The van der Waals surface area contributed by atoms with Crippen molar-refractivity contribution in [3.05, 3.63) is 69.4 Å². The average Bonchev–Trinajstić information content (AvgIpc) is 2.57. The molecule has 0 heterocycles. The molecule has 1 unspecified atom stereocenters. The van der Waals surface area contributed by atoms with Gasteiger partial charge in [-0.05, 0) is 43.3 Å². The van der Waals surface area contributed by atoms with E-state index in [2.05, 4.69) is 21.2 Å². The van der Waals surface area contributed by atoms with Crippen molar-refractivity contribution >= 4 is 51.2 Å². The molecular weight excluding hydrogens is 413 g/mol. The molecule has 1 amide bonds. The van der Waals surface area contributed by atoms with Gasteiger partial charge in [0.05, 0.1) is 10.7 Å². The second-order valence-corrected chi connectivity index (χ2v) is 6.37. The first kappa shape index (κ1) is 19.1. The molecule has 2 aromatic carbocycles. The Kier molecular flexibility index (Phi) is 6.73. The number of nitrogens with one attached hydrogen (secondary N) is 1. The third-order valence-corrected chi connectivity index (χ3v) is 3.97. The van der Waals surface area contributed by atoms with Gasteiger partial charge in [0.2, 0.25) is 0 Å². The Hall–Kier alpha value is -2.18. The van der Waals surface area contributed by atoms with Crippen LogP contribution < -0.4 is 5.32 Å². The van der Waals surface area contributed by atoms with Crippen LogP contribution in [0.1, 0.15) is 12.5 Å². The molecule has 0 radical (unpaired) electrons. The largest absolute Gasteiger partial charge is 0.449 e. The summed E-state index contributed by atoms with van der Waals surface area (Å²) in [5, 5.41) is 2.94. The zero-order chi connectivity index (χ0) is 18.4. The third-order valence-electron chi connectivity index (χ3n) is 3.15. The summed E-state index contributed by atoms with van der Waals surface area (Å²) in [7, 11) is 0. The fourth-order valence-electron chi connectivity index (χ4n) is 1.86. The Bertz CT molecular complexity index is 826. The minimum Gasteiger partial charge on any atom is -0.449 e. The summed E-state index contributed by atoms with van der Waals surface area (Å²) in [5.74, 6) is -1.76. The standard InChI is InChI=1S/C18H14BrClFNO3/c1-11(18(24)22-16-5-3-2-4-14(16)20)25-17(23)9-6-12-10-13(19)7-8-15(12)21/h2-11H,1H3,(H,22,24)/b9-6+. The smallest absolute Gasteiger partial charge is 0.331 e. The van der Waals surface area contributed by atoms with Crippen molar-refractivity contribution in [3.8, 4) is 0 Å². The number of rotatable bonds is 5. The molecule has 0 aromatic heterocycles. The van der Waals surface area contributed by atoms with Crippen molar-refractivity contribution in [1.29, 1.82) is 0 Å². The van der Waals surface area contributed by atoms with Crippen LogP contribution in [-0.4, -0.2) is 18.0 Å². The molecule has 130 valence electrons. The second kappa shape index (κ2) is 8.78. The quantitative estimate of drug-likeness (QED) is 0.550. The Labute approximate surface area is 157 Å². The molecule has 2 rings (SSSR count). The minimum atomic E-state index is -1.04.